The number of hydrogen-bond donors (Lipinski definition) is 1. The fourth-order valence-corrected chi connectivity index (χ4v) is 3.34. The van der Waals surface area contributed by atoms with Gasteiger partial charge in [0.1, 0.15) is 0 Å². The van der Waals surface area contributed by atoms with E-state index in [1.807, 2.05) is 30.0 Å². The molecule has 1 aromatic rings. The highest BCUT2D eigenvalue weighted by Crippen LogP contribution is 2.21. The summed E-state index contributed by atoms with van der Waals surface area (Å²) in [6, 6.07) is 5.91. The van der Waals surface area contributed by atoms with Crippen LogP contribution in [0.5, 0.6) is 0 Å². The van der Waals surface area contributed by atoms with Crippen LogP contribution in [0.4, 0.5) is 0 Å². The SMILES string of the molecule is CCNCC1CCN(C(=O)c2cc(C)cc(Br)c2)CC1. The normalized spacial score (nSPS) is 16.4. The third-order valence-corrected chi connectivity index (χ3v) is 4.33. The lowest BCUT2D eigenvalue weighted by molar-refractivity contribution is 0.0690. The quantitative estimate of drug-likeness (QED) is 0.914. The van der Waals surface area contributed by atoms with E-state index in [1.54, 1.807) is 0 Å². The Hall–Kier alpha value is -0.870. The van der Waals surface area contributed by atoms with Crippen LogP contribution in [0.1, 0.15) is 35.7 Å². The first kappa shape index (κ1) is 15.5. The molecular weight excluding hydrogens is 316 g/mol. The molecule has 0 atom stereocenters. The van der Waals surface area contributed by atoms with Crippen LogP contribution in [-0.4, -0.2) is 37.0 Å². The summed E-state index contributed by atoms with van der Waals surface area (Å²) >= 11 is 3.46. The van der Waals surface area contributed by atoms with Gasteiger partial charge in [-0.25, -0.2) is 0 Å². The zero-order valence-corrected chi connectivity index (χ0v) is 13.9. The predicted molar refractivity (Wildman–Crippen MR) is 86.1 cm³/mol. The molecule has 1 fully saturated rings. The molecule has 0 aliphatic carbocycles. The van der Waals surface area contributed by atoms with Crippen LogP contribution in [0.2, 0.25) is 0 Å². The standard InChI is InChI=1S/C16H23BrN2O/c1-3-18-11-13-4-6-19(7-5-13)16(20)14-8-12(2)9-15(17)10-14/h8-10,13,18H,3-7,11H2,1-2H3. The number of amides is 1. The maximum atomic E-state index is 12.5. The molecule has 3 nitrogen and oxygen atoms in total. The van der Waals surface area contributed by atoms with Crippen molar-refractivity contribution in [2.24, 2.45) is 5.92 Å². The van der Waals surface area contributed by atoms with E-state index < -0.39 is 0 Å². The monoisotopic (exact) mass is 338 g/mol. The van der Waals surface area contributed by atoms with Gasteiger partial charge in [0.15, 0.2) is 0 Å². The molecule has 1 aromatic carbocycles. The van der Waals surface area contributed by atoms with Crippen molar-refractivity contribution >= 4 is 21.8 Å². The smallest absolute Gasteiger partial charge is 0.253 e. The molecule has 1 aliphatic rings. The zero-order valence-electron chi connectivity index (χ0n) is 12.3. The molecule has 2 rings (SSSR count). The Labute approximate surface area is 129 Å². The molecule has 20 heavy (non-hydrogen) atoms. The highest BCUT2D eigenvalue weighted by Gasteiger charge is 2.23. The van der Waals surface area contributed by atoms with Crippen LogP contribution in [-0.2, 0) is 0 Å². The second-order valence-electron chi connectivity index (χ2n) is 5.56. The number of nitrogens with zero attached hydrogens (tertiary/aromatic N) is 1. The van der Waals surface area contributed by atoms with Gasteiger partial charge in [-0.15, -0.1) is 0 Å². The van der Waals surface area contributed by atoms with E-state index >= 15 is 0 Å². The molecule has 110 valence electrons. The van der Waals surface area contributed by atoms with Crippen molar-refractivity contribution < 1.29 is 4.79 Å². The molecule has 1 heterocycles. The summed E-state index contributed by atoms with van der Waals surface area (Å²) in [5, 5.41) is 3.40. The average Bonchev–Trinajstić information content (AvgIpc) is 2.44. The van der Waals surface area contributed by atoms with Crippen LogP contribution in [0.25, 0.3) is 0 Å². The van der Waals surface area contributed by atoms with Gasteiger partial charge in [0, 0.05) is 23.1 Å². The Kier molecular flexibility index (Phi) is 5.61. The molecule has 0 unspecified atom stereocenters. The van der Waals surface area contributed by atoms with Crippen LogP contribution < -0.4 is 5.32 Å². The minimum absolute atomic E-state index is 0.163. The topological polar surface area (TPSA) is 32.3 Å². The summed E-state index contributed by atoms with van der Waals surface area (Å²) < 4.78 is 0.975. The first-order valence-corrected chi connectivity index (χ1v) is 8.16. The van der Waals surface area contributed by atoms with Crippen molar-refractivity contribution in [3.05, 3.63) is 33.8 Å². The number of piperidine rings is 1. The van der Waals surface area contributed by atoms with Crippen molar-refractivity contribution in [1.82, 2.24) is 10.2 Å². The molecule has 1 amide bonds. The van der Waals surface area contributed by atoms with Crippen LogP contribution >= 0.6 is 15.9 Å². The van der Waals surface area contributed by atoms with Gasteiger partial charge < -0.3 is 10.2 Å². The number of halogens is 1. The fraction of sp³-hybridized carbons (Fsp3) is 0.562. The second-order valence-corrected chi connectivity index (χ2v) is 6.48. The Morgan fingerprint density at radius 1 is 1.35 bits per heavy atom. The molecular formula is C16H23BrN2O. The van der Waals surface area contributed by atoms with Gasteiger partial charge in [-0.3, -0.25) is 4.79 Å². The van der Waals surface area contributed by atoms with E-state index in [-0.39, 0.29) is 5.91 Å². The lowest BCUT2D eigenvalue weighted by atomic mass is 9.96. The molecule has 1 N–H and O–H groups in total. The molecule has 0 saturated carbocycles. The van der Waals surface area contributed by atoms with E-state index in [1.165, 1.54) is 0 Å². The number of nitrogens with one attached hydrogen (secondary N) is 1. The van der Waals surface area contributed by atoms with E-state index in [2.05, 4.69) is 28.2 Å². The third kappa shape index (κ3) is 4.06. The number of carbonyl (C=O) groups is 1. The number of carbonyl (C=O) groups excluding carboxylic acids is 1. The predicted octanol–water partition coefficient (Wildman–Crippen LogP) is 3.22. The molecule has 0 spiro atoms. The van der Waals surface area contributed by atoms with Crippen LogP contribution in [0.15, 0.2) is 22.7 Å². The summed E-state index contributed by atoms with van der Waals surface area (Å²) in [7, 11) is 0. The van der Waals surface area contributed by atoms with E-state index in [9.17, 15) is 4.79 Å². The Morgan fingerprint density at radius 2 is 2.05 bits per heavy atom. The first-order chi connectivity index (χ1) is 9.60. The minimum Gasteiger partial charge on any atom is -0.339 e. The van der Waals surface area contributed by atoms with Gasteiger partial charge in [-0.05, 0) is 62.5 Å². The van der Waals surface area contributed by atoms with Crippen molar-refractivity contribution in [2.75, 3.05) is 26.2 Å². The number of likely N-dealkylation sites (tertiary alicyclic amines) is 1. The zero-order chi connectivity index (χ0) is 14.5. The highest BCUT2D eigenvalue weighted by atomic mass is 79.9. The van der Waals surface area contributed by atoms with Gasteiger partial charge in [0.05, 0.1) is 0 Å². The van der Waals surface area contributed by atoms with Gasteiger partial charge in [0.2, 0.25) is 0 Å². The summed E-state index contributed by atoms with van der Waals surface area (Å²) in [6.45, 7) is 8.00. The molecule has 1 saturated heterocycles. The molecule has 0 radical (unpaired) electrons. The fourth-order valence-electron chi connectivity index (χ4n) is 2.73. The number of hydrogen-bond acceptors (Lipinski definition) is 2. The summed E-state index contributed by atoms with van der Waals surface area (Å²) in [4.78, 5) is 14.5. The highest BCUT2D eigenvalue weighted by molar-refractivity contribution is 9.10. The largest absolute Gasteiger partial charge is 0.339 e. The van der Waals surface area contributed by atoms with Gasteiger partial charge in [-0.1, -0.05) is 22.9 Å². The molecule has 1 aliphatic heterocycles. The van der Waals surface area contributed by atoms with E-state index in [0.29, 0.717) is 5.92 Å². The first-order valence-electron chi connectivity index (χ1n) is 7.37. The lowest BCUT2D eigenvalue weighted by Gasteiger charge is -2.32. The Bertz CT molecular complexity index is 447. The van der Waals surface area contributed by atoms with Gasteiger partial charge in [-0.2, -0.15) is 0 Å². The number of benzene rings is 1. The van der Waals surface area contributed by atoms with Crippen molar-refractivity contribution in [3.8, 4) is 0 Å². The molecule has 4 heteroatoms. The summed E-state index contributed by atoms with van der Waals surface area (Å²) in [5.41, 5.74) is 1.91. The number of aryl methyl sites for hydroxylation is 1. The van der Waals surface area contributed by atoms with Crippen LogP contribution in [0, 0.1) is 12.8 Å². The Balaban J connectivity index is 1.94. The minimum atomic E-state index is 0.163. The second kappa shape index (κ2) is 7.23. The van der Waals surface area contributed by atoms with Crippen LogP contribution in [0.3, 0.4) is 0 Å². The van der Waals surface area contributed by atoms with Crippen molar-refractivity contribution in [3.63, 3.8) is 0 Å². The van der Waals surface area contributed by atoms with Crippen molar-refractivity contribution in [2.45, 2.75) is 26.7 Å². The average molecular weight is 339 g/mol. The molecule has 0 bridgehead atoms. The lowest BCUT2D eigenvalue weighted by Crippen LogP contribution is -2.40. The van der Waals surface area contributed by atoms with E-state index in [4.69, 9.17) is 0 Å². The maximum Gasteiger partial charge on any atom is 0.253 e. The summed E-state index contributed by atoms with van der Waals surface area (Å²) in [6.07, 6.45) is 2.21. The molecule has 0 aromatic heterocycles. The Morgan fingerprint density at radius 3 is 2.65 bits per heavy atom. The van der Waals surface area contributed by atoms with Crippen molar-refractivity contribution in [1.29, 1.82) is 0 Å². The van der Waals surface area contributed by atoms with Gasteiger partial charge >= 0.3 is 0 Å². The van der Waals surface area contributed by atoms with E-state index in [0.717, 1.165) is 54.6 Å². The summed E-state index contributed by atoms with van der Waals surface area (Å²) in [5.74, 6) is 0.875. The number of rotatable bonds is 4. The maximum absolute atomic E-state index is 12.5. The third-order valence-electron chi connectivity index (χ3n) is 3.87. The van der Waals surface area contributed by atoms with Gasteiger partial charge in [0.25, 0.3) is 5.91 Å².